The van der Waals surface area contributed by atoms with Crippen molar-refractivity contribution in [1.29, 1.82) is 0 Å². The molecular formula is C23H17ClO4. The van der Waals surface area contributed by atoms with Gasteiger partial charge >= 0.3 is 5.97 Å². The summed E-state index contributed by atoms with van der Waals surface area (Å²) in [6.07, 6.45) is 0. The number of methoxy groups -OCH3 is 1. The Bertz CT molecular complexity index is 1170. The van der Waals surface area contributed by atoms with E-state index in [1.54, 1.807) is 25.3 Å². The Labute approximate surface area is 166 Å². The Hall–Kier alpha value is -3.24. The minimum Gasteiger partial charge on any atom is -0.497 e. The summed E-state index contributed by atoms with van der Waals surface area (Å²) in [7, 11) is 1.61. The van der Waals surface area contributed by atoms with Gasteiger partial charge in [0, 0.05) is 21.5 Å². The van der Waals surface area contributed by atoms with Gasteiger partial charge in [-0.1, -0.05) is 23.7 Å². The van der Waals surface area contributed by atoms with E-state index in [0.29, 0.717) is 21.8 Å². The number of halogens is 1. The Morgan fingerprint density at radius 3 is 2.25 bits per heavy atom. The molecule has 140 valence electrons. The molecular weight excluding hydrogens is 376 g/mol. The molecule has 0 fully saturated rings. The number of fused-ring (bicyclic) bond motifs is 1. The summed E-state index contributed by atoms with van der Waals surface area (Å²) in [5, 5.41) is 11.0. The van der Waals surface area contributed by atoms with Gasteiger partial charge in [-0.15, -0.1) is 0 Å². The van der Waals surface area contributed by atoms with E-state index in [1.165, 1.54) is 0 Å². The number of hydrogen-bond donors (Lipinski definition) is 1. The molecule has 0 saturated heterocycles. The minimum atomic E-state index is -0.994. The van der Waals surface area contributed by atoms with Crippen molar-refractivity contribution in [3.8, 4) is 28.2 Å². The monoisotopic (exact) mass is 392 g/mol. The maximum absolute atomic E-state index is 12.0. The molecule has 4 rings (SSSR count). The van der Waals surface area contributed by atoms with Crippen LogP contribution in [0.15, 0.2) is 65.1 Å². The van der Waals surface area contributed by atoms with Gasteiger partial charge in [0.05, 0.1) is 12.7 Å². The zero-order chi connectivity index (χ0) is 19.8. The van der Waals surface area contributed by atoms with Crippen LogP contribution in [0.5, 0.6) is 5.75 Å². The summed E-state index contributed by atoms with van der Waals surface area (Å²) in [6, 6.07) is 18.3. The molecule has 0 amide bonds. The standard InChI is InChI=1S/C23H17ClO4/c1-13-11-18(23(25)26)21-19(12-13)28-22(15-5-9-17(27-2)10-6-15)20(21)14-3-7-16(24)8-4-14/h3-12H,1-2H3,(H,25,26). The fourth-order valence-corrected chi connectivity index (χ4v) is 3.50. The van der Waals surface area contributed by atoms with E-state index in [-0.39, 0.29) is 5.56 Å². The van der Waals surface area contributed by atoms with Crippen molar-refractivity contribution in [3.05, 3.63) is 76.8 Å². The zero-order valence-electron chi connectivity index (χ0n) is 15.3. The maximum Gasteiger partial charge on any atom is 0.336 e. The van der Waals surface area contributed by atoms with E-state index in [4.69, 9.17) is 20.8 Å². The molecule has 4 nitrogen and oxygen atoms in total. The number of furan rings is 1. The van der Waals surface area contributed by atoms with E-state index in [0.717, 1.165) is 28.0 Å². The molecule has 0 aliphatic rings. The van der Waals surface area contributed by atoms with Crippen LogP contribution in [0.4, 0.5) is 0 Å². The summed E-state index contributed by atoms with van der Waals surface area (Å²) < 4.78 is 11.4. The van der Waals surface area contributed by atoms with Crippen LogP contribution in [0.2, 0.25) is 5.02 Å². The summed E-state index contributed by atoms with van der Waals surface area (Å²) in [4.78, 5) is 12.0. The van der Waals surface area contributed by atoms with Crippen molar-refractivity contribution < 1.29 is 19.1 Å². The highest BCUT2D eigenvalue weighted by Crippen LogP contribution is 2.43. The largest absolute Gasteiger partial charge is 0.497 e. The average molecular weight is 393 g/mol. The van der Waals surface area contributed by atoms with Crippen molar-refractivity contribution >= 4 is 28.5 Å². The Balaban J connectivity index is 2.08. The van der Waals surface area contributed by atoms with E-state index in [2.05, 4.69) is 0 Å². The van der Waals surface area contributed by atoms with Crippen LogP contribution in [-0.4, -0.2) is 18.2 Å². The van der Waals surface area contributed by atoms with Gasteiger partial charge in [0.2, 0.25) is 0 Å². The summed E-state index contributed by atoms with van der Waals surface area (Å²) >= 11 is 6.05. The number of aromatic carboxylic acids is 1. The van der Waals surface area contributed by atoms with Gasteiger partial charge in [-0.05, 0) is 66.6 Å². The lowest BCUT2D eigenvalue weighted by Gasteiger charge is -2.07. The van der Waals surface area contributed by atoms with Crippen LogP contribution in [-0.2, 0) is 0 Å². The second kappa shape index (κ2) is 7.06. The second-order valence-electron chi connectivity index (χ2n) is 6.53. The quantitative estimate of drug-likeness (QED) is 0.434. The maximum atomic E-state index is 12.0. The van der Waals surface area contributed by atoms with Gasteiger partial charge in [0.25, 0.3) is 0 Å². The van der Waals surface area contributed by atoms with Crippen molar-refractivity contribution in [3.63, 3.8) is 0 Å². The topological polar surface area (TPSA) is 59.7 Å². The normalized spacial score (nSPS) is 11.0. The molecule has 28 heavy (non-hydrogen) atoms. The number of ether oxygens (including phenoxy) is 1. The molecule has 5 heteroatoms. The molecule has 1 N–H and O–H groups in total. The van der Waals surface area contributed by atoms with E-state index < -0.39 is 5.97 Å². The fraction of sp³-hybridized carbons (Fsp3) is 0.0870. The SMILES string of the molecule is COc1ccc(-c2oc3cc(C)cc(C(=O)O)c3c2-c2ccc(Cl)cc2)cc1. The molecule has 3 aromatic carbocycles. The first-order chi connectivity index (χ1) is 13.5. The van der Waals surface area contributed by atoms with Crippen molar-refractivity contribution in [1.82, 2.24) is 0 Å². The molecule has 0 aliphatic heterocycles. The summed E-state index contributed by atoms with van der Waals surface area (Å²) in [5.74, 6) is 0.342. The molecule has 0 spiro atoms. The molecule has 1 heterocycles. The van der Waals surface area contributed by atoms with Gasteiger partial charge in [-0.25, -0.2) is 4.79 Å². The predicted octanol–water partition coefficient (Wildman–Crippen LogP) is 6.44. The van der Waals surface area contributed by atoms with Crippen LogP contribution in [0, 0.1) is 6.92 Å². The van der Waals surface area contributed by atoms with Crippen LogP contribution in [0.1, 0.15) is 15.9 Å². The highest BCUT2D eigenvalue weighted by molar-refractivity contribution is 6.30. The van der Waals surface area contributed by atoms with Crippen LogP contribution in [0.3, 0.4) is 0 Å². The highest BCUT2D eigenvalue weighted by atomic mass is 35.5. The number of hydrogen-bond acceptors (Lipinski definition) is 3. The molecule has 0 bridgehead atoms. The lowest BCUT2D eigenvalue weighted by molar-refractivity contribution is 0.0699. The Morgan fingerprint density at radius 1 is 1.00 bits per heavy atom. The van der Waals surface area contributed by atoms with Gasteiger partial charge in [-0.3, -0.25) is 0 Å². The first kappa shape index (κ1) is 18.1. The lowest BCUT2D eigenvalue weighted by atomic mass is 9.95. The van der Waals surface area contributed by atoms with Crippen molar-refractivity contribution in [2.24, 2.45) is 0 Å². The first-order valence-electron chi connectivity index (χ1n) is 8.68. The van der Waals surface area contributed by atoms with Gasteiger partial charge < -0.3 is 14.3 Å². The smallest absolute Gasteiger partial charge is 0.336 e. The molecule has 0 aliphatic carbocycles. The Morgan fingerprint density at radius 2 is 1.64 bits per heavy atom. The zero-order valence-corrected chi connectivity index (χ0v) is 16.1. The van der Waals surface area contributed by atoms with E-state index in [1.807, 2.05) is 49.4 Å². The van der Waals surface area contributed by atoms with Crippen molar-refractivity contribution in [2.75, 3.05) is 7.11 Å². The number of carboxylic acids is 1. The molecule has 0 saturated carbocycles. The average Bonchev–Trinajstić information content (AvgIpc) is 3.07. The van der Waals surface area contributed by atoms with Crippen molar-refractivity contribution in [2.45, 2.75) is 6.92 Å². The summed E-state index contributed by atoms with van der Waals surface area (Å²) in [5.41, 5.74) is 3.96. The van der Waals surface area contributed by atoms with E-state index in [9.17, 15) is 9.90 Å². The van der Waals surface area contributed by atoms with Crippen LogP contribution in [0.25, 0.3) is 33.4 Å². The molecule has 1 aromatic heterocycles. The third-order valence-electron chi connectivity index (χ3n) is 4.65. The van der Waals surface area contributed by atoms with Gasteiger partial charge in [-0.2, -0.15) is 0 Å². The van der Waals surface area contributed by atoms with Crippen LogP contribution < -0.4 is 4.74 Å². The lowest BCUT2D eigenvalue weighted by Crippen LogP contribution is -1.98. The minimum absolute atomic E-state index is 0.212. The number of benzene rings is 3. The number of rotatable bonds is 4. The number of carbonyl (C=O) groups is 1. The number of carboxylic acid groups (broad SMARTS) is 1. The highest BCUT2D eigenvalue weighted by Gasteiger charge is 2.23. The third kappa shape index (κ3) is 3.12. The Kier molecular flexibility index (Phi) is 4.57. The molecule has 0 unspecified atom stereocenters. The van der Waals surface area contributed by atoms with Gasteiger partial charge in [0.15, 0.2) is 0 Å². The first-order valence-corrected chi connectivity index (χ1v) is 9.06. The summed E-state index contributed by atoms with van der Waals surface area (Å²) in [6.45, 7) is 1.85. The molecule has 0 atom stereocenters. The second-order valence-corrected chi connectivity index (χ2v) is 6.97. The van der Waals surface area contributed by atoms with Crippen LogP contribution >= 0.6 is 11.6 Å². The van der Waals surface area contributed by atoms with E-state index >= 15 is 0 Å². The third-order valence-corrected chi connectivity index (χ3v) is 4.90. The fourth-order valence-electron chi connectivity index (χ4n) is 3.37. The predicted molar refractivity (Wildman–Crippen MR) is 110 cm³/mol. The van der Waals surface area contributed by atoms with Gasteiger partial charge in [0.1, 0.15) is 17.1 Å². The molecule has 0 radical (unpaired) electrons. The molecule has 4 aromatic rings. The number of aryl methyl sites for hydroxylation is 1.